The Morgan fingerprint density at radius 1 is 1.44 bits per heavy atom. The molecule has 0 aromatic heterocycles. The number of nitrogens with two attached hydrogens (primary N) is 1. The molecule has 1 aliphatic heterocycles. The van der Waals surface area contributed by atoms with Gasteiger partial charge in [0, 0.05) is 5.75 Å². The van der Waals surface area contributed by atoms with Gasteiger partial charge in [-0.1, -0.05) is 50.8 Å². The molecule has 1 fully saturated rings. The Bertz CT molecular complexity index is 284. The number of hydrogen-bond donors (Lipinski definition) is 2. The zero-order valence-electron chi connectivity index (χ0n) is 11.1. The molecule has 0 bridgehead atoms. The summed E-state index contributed by atoms with van der Waals surface area (Å²) in [6, 6.07) is 0. The number of nitrogens with one attached hydrogen (secondary N) is 1. The number of ether oxygens (including phenoxy) is 1. The maximum Gasteiger partial charge on any atom is 0.309 e. The quantitative estimate of drug-likeness (QED) is 0.308. The third kappa shape index (κ3) is 5.76. The Labute approximate surface area is 114 Å². The third-order valence-electron chi connectivity index (χ3n) is 3.24. The summed E-state index contributed by atoms with van der Waals surface area (Å²) in [5.41, 5.74) is 5.27. The maximum atomic E-state index is 11.6. The van der Waals surface area contributed by atoms with Crippen LogP contribution in [0.3, 0.4) is 0 Å². The van der Waals surface area contributed by atoms with Gasteiger partial charge in [-0.3, -0.25) is 10.2 Å². The van der Waals surface area contributed by atoms with E-state index in [0.717, 1.165) is 19.3 Å². The van der Waals surface area contributed by atoms with Gasteiger partial charge < -0.3 is 10.5 Å². The van der Waals surface area contributed by atoms with E-state index >= 15 is 0 Å². The molecule has 0 radical (unpaired) electrons. The first-order valence-electron chi connectivity index (χ1n) is 6.80. The van der Waals surface area contributed by atoms with Gasteiger partial charge in [-0.15, -0.1) is 0 Å². The van der Waals surface area contributed by atoms with Crippen LogP contribution in [0.25, 0.3) is 0 Å². The molecule has 0 saturated carbocycles. The summed E-state index contributed by atoms with van der Waals surface area (Å²) in [4.78, 5) is 11.6. The van der Waals surface area contributed by atoms with Crippen molar-refractivity contribution in [2.24, 2.45) is 11.7 Å². The normalized spacial score (nSPS) is 23.1. The second-order valence-corrected chi connectivity index (χ2v) is 5.93. The van der Waals surface area contributed by atoms with Crippen molar-refractivity contribution in [3.8, 4) is 0 Å². The van der Waals surface area contributed by atoms with Crippen molar-refractivity contribution < 1.29 is 9.53 Å². The number of unbranched alkanes of at least 4 members (excludes halogenated alkanes) is 4. The fourth-order valence-electron chi connectivity index (χ4n) is 2.24. The molecule has 1 saturated heterocycles. The Morgan fingerprint density at radius 3 is 2.83 bits per heavy atom. The lowest BCUT2D eigenvalue weighted by Crippen LogP contribution is -2.14. The van der Waals surface area contributed by atoms with E-state index in [1.807, 2.05) is 0 Å². The van der Waals surface area contributed by atoms with Crippen LogP contribution in [0.2, 0.25) is 0 Å². The van der Waals surface area contributed by atoms with Crippen LogP contribution in [0.1, 0.15) is 51.9 Å². The molecule has 4 nitrogen and oxygen atoms in total. The van der Waals surface area contributed by atoms with Crippen molar-refractivity contribution in [1.82, 2.24) is 0 Å². The SMILES string of the molecule is CCCCCCC[C@@H]1C[C@@H](CSC(=N)N)OC1=O. The number of hydrogen-bond acceptors (Lipinski definition) is 4. The molecule has 0 unspecified atom stereocenters. The monoisotopic (exact) mass is 272 g/mol. The number of carbonyl (C=O) groups excluding carboxylic acids is 1. The number of esters is 1. The van der Waals surface area contributed by atoms with E-state index in [-0.39, 0.29) is 23.2 Å². The van der Waals surface area contributed by atoms with Crippen LogP contribution in [0.4, 0.5) is 0 Å². The molecule has 0 amide bonds. The van der Waals surface area contributed by atoms with Gasteiger partial charge in [0.25, 0.3) is 0 Å². The summed E-state index contributed by atoms with van der Waals surface area (Å²) in [6.45, 7) is 2.20. The molecule has 18 heavy (non-hydrogen) atoms. The molecule has 2 atom stereocenters. The highest BCUT2D eigenvalue weighted by molar-refractivity contribution is 8.13. The molecule has 0 aliphatic carbocycles. The van der Waals surface area contributed by atoms with Crippen LogP contribution in [-0.4, -0.2) is 23.0 Å². The fraction of sp³-hybridized carbons (Fsp3) is 0.846. The van der Waals surface area contributed by atoms with Crippen molar-refractivity contribution in [2.45, 2.75) is 58.0 Å². The molecule has 5 heteroatoms. The van der Waals surface area contributed by atoms with Crippen molar-refractivity contribution in [3.63, 3.8) is 0 Å². The maximum absolute atomic E-state index is 11.6. The number of thioether (sulfide) groups is 1. The number of cyclic esters (lactones) is 1. The van der Waals surface area contributed by atoms with E-state index in [0.29, 0.717) is 5.75 Å². The van der Waals surface area contributed by atoms with Gasteiger partial charge in [0.2, 0.25) is 0 Å². The minimum Gasteiger partial charge on any atom is -0.461 e. The highest BCUT2D eigenvalue weighted by Crippen LogP contribution is 2.28. The standard InChI is InChI=1S/C13H24N2O2S/c1-2-3-4-5-6-7-10-8-11(17-12(10)16)9-18-13(14)15/h10-11H,2-9H2,1H3,(H3,14,15)/t10-,11+/m1/s1. The summed E-state index contributed by atoms with van der Waals surface area (Å²) in [6.07, 6.45) is 7.82. The zero-order valence-corrected chi connectivity index (χ0v) is 11.9. The topological polar surface area (TPSA) is 76.2 Å². The summed E-state index contributed by atoms with van der Waals surface area (Å²) >= 11 is 1.25. The highest BCUT2D eigenvalue weighted by atomic mass is 32.2. The van der Waals surface area contributed by atoms with Gasteiger partial charge in [-0.25, -0.2) is 0 Å². The Balaban J connectivity index is 2.15. The first kappa shape index (κ1) is 15.3. The highest BCUT2D eigenvalue weighted by Gasteiger charge is 2.33. The average Bonchev–Trinajstić information content (AvgIpc) is 2.67. The van der Waals surface area contributed by atoms with Crippen LogP contribution in [-0.2, 0) is 9.53 Å². The van der Waals surface area contributed by atoms with E-state index < -0.39 is 0 Å². The fourth-order valence-corrected chi connectivity index (χ4v) is 2.81. The van der Waals surface area contributed by atoms with E-state index in [4.69, 9.17) is 15.9 Å². The molecule has 1 aliphatic rings. The van der Waals surface area contributed by atoms with E-state index in [9.17, 15) is 4.79 Å². The third-order valence-corrected chi connectivity index (χ3v) is 4.09. The molecule has 0 spiro atoms. The smallest absolute Gasteiger partial charge is 0.309 e. The second-order valence-electron chi connectivity index (χ2n) is 4.87. The largest absolute Gasteiger partial charge is 0.461 e. The molecule has 3 N–H and O–H groups in total. The van der Waals surface area contributed by atoms with Crippen molar-refractivity contribution >= 4 is 22.9 Å². The minimum absolute atomic E-state index is 0.0490. The summed E-state index contributed by atoms with van der Waals surface area (Å²) in [5.74, 6) is 0.636. The van der Waals surface area contributed by atoms with Gasteiger partial charge in [-0.05, 0) is 12.8 Å². The van der Waals surface area contributed by atoms with E-state index in [1.165, 1.54) is 37.4 Å². The van der Waals surface area contributed by atoms with Crippen molar-refractivity contribution in [2.75, 3.05) is 5.75 Å². The summed E-state index contributed by atoms with van der Waals surface area (Å²) < 4.78 is 5.29. The second kappa shape index (κ2) is 8.40. The average molecular weight is 272 g/mol. The Hall–Kier alpha value is -0.710. The lowest BCUT2D eigenvalue weighted by Gasteiger charge is -2.06. The lowest BCUT2D eigenvalue weighted by atomic mass is 9.97. The predicted octanol–water partition coefficient (Wildman–Crippen LogP) is 2.91. The van der Waals surface area contributed by atoms with Gasteiger partial charge >= 0.3 is 5.97 Å². The molecular weight excluding hydrogens is 248 g/mol. The van der Waals surface area contributed by atoms with Crippen LogP contribution < -0.4 is 5.73 Å². The number of rotatable bonds is 8. The summed E-state index contributed by atoms with van der Waals surface area (Å²) in [7, 11) is 0. The van der Waals surface area contributed by atoms with Crippen molar-refractivity contribution in [3.05, 3.63) is 0 Å². The number of carbonyl (C=O) groups is 1. The summed E-state index contributed by atoms with van der Waals surface area (Å²) in [5, 5.41) is 7.23. The lowest BCUT2D eigenvalue weighted by molar-refractivity contribution is -0.143. The molecule has 1 rings (SSSR count). The molecule has 104 valence electrons. The van der Waals surface area contributed by atoms with Crippen molar-refractivity contribution in [1.29, 1.82) is 5.41 Å². The minimum atomic E-state index is -0.0559. The molecule has 0 aromatic rings. The van der Waals surface area contributed by atoms with Crippen LogP contribution in [0, 0.1) is 11.3 Å². The van der Waals surface area contributed by atoms with Gasteiger partial charge in [0.1, 0.15) is 6.10 Å². The predicted molar refractivity (Wildman–Crippen MR) is 75.7 cm³/mol. The molecule has 1 heterocycles. The van der Waals surface area contributed by atoms with E-state index in [2.05, 4.69) is 6.92 Å². The van der Waals surface area contributed by atoms with Gasteiger partial charge in [0.05, 0.1) is 5.92 Å². The van der Waals surface area contributed by atoms with Gasteiger partial charge in [0.15, 0.2) is 5.17 Å². The van der Waals surface area contributed by atoms with Crippen LogP contribution >= 0.6 is 11.8 Å². The molecule has 0 aromatic carbocycles. The van der Waals surface area contributed by atoms with Crippen LogP contribution in [0.15, 0.2) is 0 Å². The van der Waals surface area contributed by atoms with Crippen LogP contribution in [0.5, 0.6) is 0 Å². The molecular formula is C13H24N2O2S. The number of amidine groups is 1. The van der Waals surface area contributed by atoms with E-state index in [1.54, 1.807) is 0 Å². The first-order chi connectivity index (χ1) is 8.63. The Morgan fingerprint density at radius 2 is 2.17 bits per heavy atom. The zero-order chi connectivity index (χ0) is 13.4. The van der Waals surface area contributed by atoms with Gasteiger partial charge in [-0.2, -0.15) is 0 Å². The first-order valence-corrected chi connectivity index (χ1v) is 7.79. The Kier molecular flexibility index (Phi) is 7.16.